The first-order valence-electron chi connectivity index (χ1n) is 6.56. The number of nitrogens with one attached hydrogen (secondary N) is 1. The lowest BCUT2D eigenvalue weighted by Crippen LogP contribution is -2.46. The molecule has 0 unspecified atom stereocenters. The van der Waals surface area contributed by atoms with Crippen LogP contribution in [0.15, 0.2) is 73.3 Å². The third kappa shape index (κ3) is 3.79. The van der Waals surface area contributed by atoms with Gasteiger partial charge < -0.3 is 0 Å². The average Bonchev–Trinajstić information content (AvgIpc) is 2.55. The first-order chi connectivity index (χ1) is 10.2. The van der Waals surface area contributed by atoms with Crippen molar-refractivity contribution < 1.29 is 9.59 Å². The maximum Gasteiger partial charge on any atom is 0.272 e. The summed E-state index contributed by atoms with van der Waals surface area (Å²) in [5.74, 6) is -0.610. The van der Waals surface area contributed by atoms with Crippen LogP contribution in [0.2, 0.25) is 0 Å². The summed E-state index contributed by atoms with van der Waals surface area (Å²) in [7, 11) is 0. The fraction of sp³-hybridized carbons (Fsp3) is 0.0588. The van der Waals surface area contributed by atoms with E-state index in [4.69, 9.17) is 0 Å². The lowest BCUT2D eigenvalue weighted by Gasteiger charge is -2.22. The molecule has 0 radical (unpaired) electrons. The van der Waals surface area contributed by atoms with Crippen molar-refractivity contribution in [2.45, 2.75) is 0 Å². The van der Waals surface area contributed by atoms with Crippen LogP contribution in [0, 0.1) is 0 Å². The summed E-state index contributed by atoms with van der Waals surface area (Å²) >= 11 is 0. The van der Waals surface area contributed by atoms with E-state index in [1.165, 1.54) is 5.01 Å². The van der Waals surface area contributed by atoms with E-state index in [9.17, 15) is 9.59 Å². The molecule has 0 bridgehead atoms. The van der Waals surface area contributed by atoms with E-state index >= 15 is 0 Å². The van der Waals surface area contributed by atoms with Crippen LogP contribution in [-0.4, -0.2) is 23.4 Å². The van der Waals surface area contributed by atoms with Crippen LogP contribution >= 0.6 is 0 Å². The summed E-state index contributed by atoms with van der Waals surface area (Å²) in [6.07, 6.45) is 1.56. The van der Waals surface area contributed by atoms with Crippen LogP contribution in [0.3, 0.4) is 0 Å². The number of carbonyl (C=O) groups excluding carboxylic acids is 2. The molecule has 0 aliphatic heterocycles. The Hall–Kier alpha value is -2.88. The molecule has 0 atom stereocenters. The van der Waals surface area contributed by atoms with E-state index in [0.29, 0.717) is 11.1 Å². The van der Waals surface area contributed by atoms with Crippen LogP contribution in [0.4, 0.5) is 0 Å². The number of benzene rings is 2. The summed E-state index contributed by atoms with van der Waals surface area (Å²) < 4.78 is 0. The van der Waals surface area contributed by atoms with Gasteiger partial charge in [-0.3, -0.25) is 15.0 Å². The Morgan fingerprint density at radius 3 is 2.00 bits per heavy atom. The maximum atomic E-state index is 12.4. The third-order valence-corrected chi connectivity index (χ3v) is 2.85. The molecule has 4 heteroatoms. The Morgan fingerprint density at radius 2 is 1.48 bits per heavy atom. The first-order valence-corrected chi connectivity index (χ1v) is 6.56. The number of amides is 2. The molecule has 0 saturated carbocycles. The lowest BCUT2D eigenvalue weighted by molar-refractivity contribution is 0.0607. The molecule has 0 saturated heterocycles. The van der Waals surface area contributed by atoms with Crippen LogP contribution < -0.4 is 5.43 Å². The zero-order valence-corrected chi connectivity index (χ0v) is 11.5. The zero-order valence-electron chi connectivity index (χ0n) is 11.5. The largest absolute Gasteiger partial charge is 0.272 e. The molecule has 21 heavy (non-hydrogen) atoms. The molecule has 2 aromatic rings. The normalized spacial score (nSPS) is 9.71. The third-order valence-electron chi connectivity index (χ3n) is 2.85. The van der Waals surface area contributed by atoms with Crippen molar-refractivity contribution in [2.24, 2.45) is 0 Å². The van der Waals surface area contributed by atoms with Gasteiger partial charge in [0.25, 0.3) is 11.8 Å². The predicted molar refractivity (Wildman–Crippen MR) is 81.6 cm³/mol. The lowest BCUT2D eigenvalue weighted by atomic mass is 10.2. The Kier molecular flexibility index (Phi) is 4.88. The zero-order chi connectivity index (χ0) is 15.1. The highest BCUT2D eigenvalue weighted by molar-refractivity contribution is 5.99. The fourth-order valence-electron chi connectivity index (χ4n) is 1.82. The van der Waals surface area contributed by atoms with Gasteiger partial charge >= 0.3 is 0 Å². The second kappa shape index (κ2) is 7.05. The molecular formula is C17H16N2O2. The van der Waals surface area contributed by atoms with Gasteiger partial charge in [-0.25, -0.2) is 5.01 Å². The first kappa shape index (κ1) is 14.5. The fourth-order valence-corrected chi connectivity index (χ4v) is 1.82. The molecule has 2 aromatic carbocycles. The van der Waals surface area contributed by atoms with Gasteiger partial charge in [0.05, 0.1) is 6.54 Å². The van der Waals surface area contributed by atoms with Gasteiger partial charge in [0.2, 0.25) is 0 Å². The topological polar surface area (TPSA) is 49.4 Å². The van der Waals surface area contributed by atoms with Crippen LogP contribution in [-0.2, 0) is 0 Å². The number of carbonyl (C=O) groups is 2. The number of rotatable bonds is 4. The standard InChI is InChI=1S/C17H16N2O2/c1-2-13-19(17(21)15-11-7-4-8-12-15)18-16(20)14-9-5-3-6-10-14/h2-12H,1,13H2,(H,18,20). The van der Waals surface area contributed by atoms with Gasteiger partial charge in [-0.2, -0.15) is 0 Å². The molecule has 4 nitrogen and oxygen atoms in total. The molecule has 0 aliphatic rings. The molecule has 1 N–H and O–H groups in total. The molecule has 0 aromatic heterocycles. The van der Waals surface area contributed by atoms with Gasteiger partial charge in [0.1, 0.15) is 0 Å². The summed E-state index contributed by atoms with van der Waals surface area (Å²) in [5.41, 5.74) is 3.61. The van der Waals surface area contributed by atoms with Gasteiger partial charge in [0.15, 0.2) is 0 Å². The Morgan fingerprint density at radius 1 is 0.952 bits per heavy atom. The van der Waals surface area contributed by atoms with Crippen molar-refractivity contribution in [3.63, 3.8) is 0 Å². The van der Waals surface area contributed by atoms with Crippen molar-refractivity contribution in [1.29, 1.82) is 0 Å². The second-order valence-corrected chi connectivity index (χ2v) is 4.38. The number of hydrazine groups is 1. The Labute approximate surface area is 123 Å². The van der Waals surface area contributed by atoms with E-state index in [1.807, 2.05) is 12.1 Å². The number of nitrogens with zero attached hydrogens (tertiary/aromatic N) is 1. The highest BCUT2D eigenvalue weighted by atomic mass is 16.2. The quantitative estimate of drug-likeness (QED) is 0.691. The van der Waals surface area contributed by atoms with E-state index < -0.39 is 0 Å². The van der Waals surface area contributed by atoms with Crippen LogP contribution in [0.1, 0.15) is 20.7 Å². The highest BCUT2D eigenvalue weighted by Crippen LogP contribution is 2.05. The predicted octanol–water partition coefficient (Wildman–Crippen LogP) is 2.66. The van der Waals surface area contributed by atoms with Gasteiger partial charge in [-0.05, 0) is 24.3 Å². The molecule has 0 heterocycles. The summed E-state index contributed by atoms with van der Waals surface area (Å²) in [6.45, 7) is 3.84. The van der Waals surface area contributed by atoms with Crippen molar-refractivity contribution in [3.8, 4) is 0 Å². The molecule has 0 aliphatic carbocycles. The maximum absolute atomic E-state index is 12.4. The van der Waals surface area contributed by atoms with E-state index in [-0.39, 0.29) is 18.4 Å². The van der Waals surface area contributed by atoms with Crippen LogP contribution in [0.5, 0.6) is 0 Å². The van der Waals surface area contributed by atoms with Crippen molar-refractivity contribution in [2.75, 3.05) is 6.54 Å². The molecule has 2 amide bonds. The number of hydrogen-bond acceptors (Lipinski definition) is 2. The van der Waals surface area contributed by atoms with Gasteiger partial charge in [-0.15, -0.1) is 6.58 Å². The molecule has 0 fully saturated rings. The Balaban J connectivity index is 2.14. The monoisotopic (exact) mass is 280 g/mol. The summed E-state index contributed by atoms with van der Waals surface area (Å²) in [4.78, 5) is 24.5. The number of hydrogen-bond donors (Lipinski definition) is 1. The minimum Gasteiger partial charge on any atom is -0.267 e. The summed E-state index contributed by atoms with van der Waals surface area (Å²) in [5, 5.41) is 1.25. The molecule has 2 rings (SSSR count). The van der Waals surface area contributed by atoms with E-state index in [2.05, 4.69) is 12.0 Å². The SMILES string of the molecule is C=CCN(NC(=O)c1ccccc1)C(=O)c1ccccc1. The Bertz CT molecular complexity index is 624. The smallest absolute Gasteiger partial charge is 0.267 e. The molecule has 0 spiro atoms. The van der Waals surface area contributed by atoms with Gasteiger partial charge in [-0.1, -0.05) is 42.5 Å². The van der Waals surface area contributed by atoms with Crippen molar-refractivity contribution in [3.05, 3.63) is 84.4 Å². The van der Waals surface area contributed by atoms with E-state index in [0.717, 1.165) is 0 Å². The van der Waals surface area contributed by atoms with Crippen LogP contribution in [0.25, 0.3) is 0 Å². The minimum atomic E-state index is -0.332. The average molecular weight is 280 g/mol. The minimum absolute atomic E-state index is 0.228. The van der Waals surface area contributed by atoms with Gasteiger partial charge in [0, 0.05) is 11.1 Å². The highest BCUT2D eigenvalue weighted by Gasteiger charge is 2.17. The molecule has 106 valence electrons. The van der Waals surface area contributed by atoms with E-state index in [1.54, 1.807) is 54.6 Å². The molecular weight excluding hydrogens is 264 g/mol. The second-order valence-electron chi connectivity index (χ2n) is 4.38. The van der Waals surface area contributed by atoms with Crippen molar-refractivity contribution >= 4 is 11.8 Å². The van der Waals surface area contributed by atoms with Crippen molar-refractivity contribution in [1.82, 2.24) is 10.4 Å². The summed E-state index contributed by atoms with van der Waals surface area (Å²) in [6, 6.07) is 17.5.